The highest BCUT2D eigenvalue weighted by atomic mass is 32.1. The van der Waals surface area contributed by atoms with Gasteiger partial charge in [0.2, 0.25) is 5.88 Å². The van der Waals surface area contributed by atoms with Crippen LogP contribution in [0, 0.1) is 9.87 Å². The lowest BCUT2D eigenvalue weighted by atomic mass is 9.99. The van der Waals surface area contributed by atoms with Gasteiger partial charge < -0.3 is 5.11 Å². The van der Waals surface area contributed by atoms with Crippen LogP contribution in [0.3, 0.4) is 0 Å². The third-order valence-electron chi connectivity index (χ3n) is 4.84. The van der Waals surface area contributed by atoms with Crippen molar-refractivity contribution in [3.8, 4) is 5.88 Å². The summed E-state index contributed by atoms with van der Waals surface area (Å²) < 4.78 is 2.59. The summed E-state index contributed by atoms with van der Waals surface area (Å²) in [5, 5.41) is 19.1. The third kappa shape index (κ3) is 4.62. The lowest BCUT2D eigenvalue weighted by molar-refractivity contribution is 0.347. The molecule has 0 fully saturated rings. The molecular weight excluding hydrogens is 374 g/mol. The van der Waals surface area contributed by atoms with Gasteiger partial charge in [0.15, 0.2) is 3.95 Å². The quantitative estimate of drug-likeness (QED) is 0.547. The fraction of sp³-hybridized carbons (Fsp3) is 0.381. The SMILES string of the molecule is CCCCC(CC)Cn1c(O)c(C=C2C=NN=C2c2ccccc2)sc1=S. The highest BCUT2D eigenvalue weighted by molar-refractivity contribution is 7.73. The molecule has 0 bridgehead atoms. The molecule has 1 N–H and O–H groups in total. The van der Waals surface area contributed by atoms with Crippen molar-refractivity contribution in [2.24, 2.45) is 16.1 Å². The van der Waals surface area contributed by atoms with E-state index in [0.29, 0.717) is 9.87 Å². The van der Waals surface area contributed by atoms with Crippen molar-refractivity contribution in [1.29, 1.82) is 0 Å². The minimum absolute atomic E-state index is 0.250. The average Bonchev–Trinajstić information content (AvgIpc) is 3.25. The van der Waals surface area contributed by atoms with E-state index in [0.717, 1.165) is 41.1 Å². The van der Waals surface area contributed by atoms with Crippen LogP contribution < -0.4 is 0 Å². The lowest BCUT2D eigenvalue weighted by Crippen LogP contribution is -2.10. The Kier molecular flexibility index (Phi) is 6.74. The van der Waals surface area contributed by atoms with E-state index in [1.54, 1.807) is 6.21 Å². The zero-order valence-electron chi connectivity index (χ0n) is 15.8. The summed E-state index contributed by atoms with van der Waals surface area (Å²) in [6, 6.07) is 9.95. The van der Waals surface area contributed by atoms with Gasteiger partial charge in [-0.05, 0) is 30.6 Å². The molecule has 2 aromatic rings. The number of hydrogen-bond donors (Lipinski definition) is 1. The van der Waals surface area contributed by atoms with Gasteiger partial charge in [0.1, 0.15) is 5.71 Å². The first kappa shape index (κ1) is 19.7. The van der Waals surface area contributed by atoms with E-state index in [4.69, 9.17) is 12.2 Å². The molecule has 1 aliphatic heterocycles. The molecule has 1 aliphatic rings. The first-order valence-electron chi connectivity index (χ1n) is 9.45. The van der Waals surface area contributed by atoms with E-state index in [1.165, 1.54) is 24.2 Å². The van der Waals surface area contributed by atoms with Crippen LogP contribution in [0.5, 0.6) is 5.88 Å². The van der Waals surface area contributed by atoms with Crippen LogP contribution in [0.25, 0.3) is 6.08 Å². The minimum Gasteiger partial charge on any atom is -0.493 e. The number of nitrogens with zero attached hydrogens (tertiary/aromatic N) is 3. The normalized spacial score (nSPS) is 16.1. The zero-order chi connectivity index (χ0) is 19.2. The van der Waals surface area contributed by atoms with Crippen molar-refractivity contribution in [3.05, 3.63) is 50.3 Å². The summed E-state index contributed by atoms with van der Waals surface area (Å²) in [7, 11) is 0. The first-order valence-corrected chi connectivity index (χ1v) is 10.7. The Balaban J connectivity index is 1.86. The summed E-state index contributed by atoms with van der Waals surface area (Å²) >= 11 is 6.97. The first-order chi connectivity index (χ1) is 13.1. The molecule has 3 rings (SSSR count). The zero-order valence-corrected chi connectivity index (χ0v) is 17.4. The van der Waals surface area contributed by atoms with Gasteiger partial charge in [0.25, 0.3) is 0 Å². The molecule has 142 valence electrons. The summed E-state index contributed by atoms with van der Waals surface area (Å²) in [6.07, 6.45) is 8.31. The topological polar surface area (TPSA) is 49.9 Å². The molecule has 1 aromatic carbocycles. The molecule has 0 amide bonds. The number of hydrogen-bond acceptors (Lipinski definition) is 5. The van der Waals surface area contributed by atoms with Crippen molar-refractivity contribution in [2.45, 2.75) is 46.1 Å². The number of unbranched alkanes of at least 4 members (excludes halogenated alkanes) is 1. The third-order valence-corrected chi connectivity index (χ3v) is 6.23. The summed E-state index contributed by atoms with van der Waals surface area (Å²) in [5.41, 5.74) is 2.71. The van der Waals surface area contributed by atoms with Crippen LogP contribution in [-0.4, -0.2) is 21.6 Å². The predicted molar refractivity (Wildman–Crippen MR) is 118 cm³/mol. The second-order valence-corrected chi connectivity index (χ2v) is 8.42. The Hall–Kier alpha value is -2.05. The molecule has 1 aromatic heterocycles. The molecule has 6 heteroatoms. The van der Waals surface area contributed by atoms with E-state index in [9.17, 15) is 5.11 Å². The maximum atomic E-state index is 10.8. The standard InChI is InChI=1S/C21H25N3OS2/c1-3-5-9-15(4-2)14-24-20(25)18(27-21(24)26)12-17-13-22-23-19(17)16-10-7-6-8-11-16/h6-8,10-13,15,25H,3-5,9,14H2,1-2H3. The summed E-state index contributed by atoms with van der Waals surface area (Å²) in [6.45, 7) is 5.18. The Labute approximate surface area is 169 Å². The highest BCUT2D eigenvalue weighted by Gasteiger charge is 2.18. The average molecular weight is 400 g/mol. The van der Waals surface area contributed by atoms with Crippen molar-refractivity contribution in [1.82, 2.24) is 4.57 Å². The van der Waals surface area contributed by atoms with Gasteiger partial charge in [0.05, 0.1) is 11.1 Å². The van der Waals surface area contributed by atoms with E-state index >= 15 is 0 Å². The van der Waals surface area contributed by atoms with E-state index in [-0.39, 0.29) is 5.88 Å². The van der Waals surface area contributed by atoms with Gasteiger partial charge in [-0.2, -0.15) is 5.10 Å². The van der Waals surface area contributed by atoms with Gasteiger partial charge >= 0.3 is 0 Å². The Bertz CT molecular complexity index is 923. The highest BCUT2D eigenvalue weighted by Crippen LogP contribution is 2.31. The molecule has 0 aliphatic carbocycles. The number of rotatable bonds is 8. The number of benzene rings is 1. The molecule has 0 saturated heterocycles. The summed E-state index contributed by atoms with van der Waals surface area (Å²) in [5.74, 6) is 0.785. The summed E-state index contributed by atoms with van der Waals surface area (Å²) in [4.78, 5) is 0.761. The Morgan fingerprint density at radius 2 is 2.04 bits per heavy atom. The maximum absolute atomic E-state index is 10.8. The van der Waals surface area contributed by atoms with E-state index in [1.807, 2.05) is 41.0 Å². The van der Waals surface area contributed by atoms with Crippen molar-refractivity contribution >= 4 is 41.6 Å². The van der Waals surface area contributed by atoms with Crippen LogP contribution in [0.4, 0.5) is 0 Å². The van der Waals surface area contributed by atoms with Gasteiger partial charge in [-0.1, -0.05) is 63.4 Å². The molecule has 1 unspecified atom stereocenters. The molecule has 1 atom stereocenters. The monoisotopic (exact) mass is 399 g/mol. The van der Waals surface area contributed by atoms with Gasteiger partial charge in [-0.3, -0.25) is 4.57 Å². The van der Waals surface area contributed by atoms with Crippen molar-refractivity contribution in [2.75, 3.05) is 0 Å². The van der Waals surface area contributed by atoms with Crippen LogP contribution in [0.1, 0.15) is 50.0 Å². The van der Waals surface area contributed by atoms with E-state index in [2.05, 4.69) is 24.1 Å². The van der Waals surface area contributed by atoms with Gasteiger partial charge in [-0.15, -0.1) is 16.4 Å². The molecule has 2 heterocycles. The van der Waals surface area contributed by atoms with Crippen LogP contribution in [-0.2, 0) is 6.54 Å². The minimum atomic E-state index is 0.250. The number of allylic oxidation sites excluding steroid dienone is 1. The van der Waals surface area contributed by atoms with Crippen LogP contribution in [0.2, 0.25) is 0 Å². The smallest absolute Gasteiger partial charge is 0.210 e. The van der Waals surface area contributed by atoms with Gasteiger partial charge in [-0.25, -0.2) is 0 Å². The van der Waals surface area contributed by atoms with Crippen molar-refractivity contribution < 1.29 is 5.11 Å². The molecule has 27 heavy (non-hydrogen) atoms. The van der Waals surface area contributed by atoms with Crippen LogP contribution >= 0.6 is 23.6 Å². The molecule has 0 radical (unpaired) electrons. The number of aromatic nitrogens is 1. The molecule has 0 spiro atoms. The lowest BCUT2D eigenvalue weighted by Gasteiger charge is -2.15. The predicted octanol–water partition coefficient (Wildman–Crippen LogP) is 6.07. The fourth-order valence-electron chi connectivity index (χ4n) is 3.18. The van der Waals surface area contributed by atoms with Crippen LogP contribution in [0.15, 0.2) is 46.1 Å². The second-order valence-electron chi connectivity index (χ2n) is 6.74. The molecular formula is C21H25N3OS2. The fourth-order valence-corrected chi connectivity index (χ4v) is 4.46. The largest absolute Gasteiger partial charge is 0.493 e. The Morgan fingerprint density at radius 3 is 2.74 bits per heavy atom. The van der Waals surface area contributed by atoms with Crippen molar-refractivity contribution in [3.63, 3.8) is 0 Å². The van der Waals surface area contributed by atoms with Gasteiger partial charge in [0, 0.05) is 17.7 Å². The Morgan fingerprint density at radius 1 is 1.26 bits per heavy atom. The second kappa shape index (κ2) is 9.24. The molecule has 0 saturated carbocycles. The molecule has 4 nitrogen and oxygen atoms in total. The number of thiazole rings is 1. The van der Waals surface area contributed by atoms with E-state index < -0.39 is 0 Å². The number of aromatic hydroxyl groups is 1. The maximum Gasteiger partial charge on any atom is 0.210 e.